The van der Waals surface area contributed by atoms with Gasteiger partial charge in [-0.3, -0.25) is 20.4 Å². The molecule has 0 fully saturated rings. The molecule has 0 saturated carbocycles. The molecule has 20 heavy (non-hydrogen) atoms. The van der Waals surface area contributed by atoms with Gasteiger partial charge in [-0.15, -0.1) is 0 Å². The van der Waals surface area contributed by atoms with Gasteiger partial charge in [0.25, 0.3) is 5.89 Å². The minimum atomic E-state index is -0.622. The number of hydrogen-bond acceptors (Lipinski definition) is 6. The van der Waals surface area contributed by atoms with Crippen molar-refractivity contribution < 1.29 is 18.7 Å². The summed E-state index contributed by atoms with van der Waals surface area (Å²) in [6, 6.07) is 0. The van der Waals surface area contributed by atoms with Crippen molar-refractivity contribution in [1.29, 1.82) is 0 Å². The third-order valence-corrected chi connectivity index (χ3v) is 3.22. The number of ether oxygens (including phenoxy) is 1. The molecule has 1 rings (SSSR count). The van der Waals surface area contributed by atoms with Crippen LogP contribution in [0.4, 0.5) is 0 Å². The molecule has 1 heterocycles. The molecule has 0 aliphatic carbocycles. The molecule has 1 aromatic heterocycles. The summed E-state index contributed by atoms with van der Waals surface area (Å²) < 4.78 is 10.3. The quantitative estimate of drug-likeness (QED) is 0.765. The van der Waals surface area contributed by atoms with Crippen LogP contribution in [0.1, 0.15) is 30.2 Å². The van der Waals surface area contributed by atoms with Crippen LogP contribution in [0, 0.1) is 12.8 Å². The number of amides is 2. The molecule has 1 aromatic rings. The molecule has 0 spiro atoms. The zero-order valence-electron chi connectivity index (χ0n) is 12.0. The second-order valence-electron chi connectivity index (χ2n) is 4.12. The van der Waals surface area contributed by atoms with Crippen LogP contribution in [0.25, 0.3) is 0 Å². The van der Waals surface area contributed by atoms with E-state index in [-0.39, 0.29) is 23.7 Å². The lowest BCUT2D eigenvalue weighted by atomic mass is 10.2. The molecule has 2 amide bonds. The lowest BCUT2D eigenvalue weighted by Crippen LogP contribution is -2.44. The Balaban J connectivity index is 2.54. The fourth-order valence-corrected chi connectivity index (χ4v) is 2.02. The standard InChI is InChI=1S/C12H19N3O4S/c1-5-18-12-8(3)13-11(19-12)10(17)15-14-9(16)7(2)6-20-4/h7H,5-6H2,1-4H3,(H,14,16)(H,15,17). The Kier molecular flexibility index (Phi) is 6.37. The first kappa shape index (κ1) is 16.4. The van der Waals surface area contributed by atoms with E-state index in [1.165, 1.54) is 0 Å². The molecule has 0 aliphatic heterocycles. The van der Waals surface area contributed by atoms with Gasteiger partial charge in [-0.25, -0.2) is 4.98 Å². The molecule has 112 valence electrons. The molecule has 7 nitrogen and oxygen atoms in total. The van der Waals surface area contributed by atoms with Crippen molar-refractivity contribution in [3.63, 3.8) is 0 Å². The molecule has 0 radical (unpaired) electrons. The predicted molar refractivity (Wildman–Crippen MR) is 75.6 cm³/mol. The number of nitrogens with one attached hydrogen (secondary N) is 2. The highest BCUT2D eigenvalue weighted by Crippen LogP contribution is 2.18. The lowest BCUT2D eigenvalue weighted by Gasteiger charge is -2.10. The monoisotopic (exact) mass is 301 g/mol. The first-order chi connectivity index (χ1) is 9.49. The van der Waals surface area contributed by atoms with E-state index >= 15 is 0 Å². The summed E-state index contributed by atoms with van der Waals surface area (Å²) in [4.78, 5) is 27.3. The summed E-state index contributed by atoms with van der Waals surface area (Å²) in [6.07, 6.45) is 1.91. The molecule has 1 atom stereocenters. The minimum absolute atomic E-state index is 0.149. The fourth-order valence-electron chi connectivity index (χ4n) is 1.37. The zero-order valence-corrected chi connectivity index (χ0v) is 12.8. The molecule has 0 aliphatic rings. The van der Waals surface area contributed by atoms with Crippen LogP contribution in [0.2, 0.25) is 0 Å². The number of carbonyl (C=O) groups excluding carboxylic acids is 2. The van der Waals surface area contributed by atoms with Crippen molar-refractivity contribution in [2.24, 2.45) is 5.92 Å². The van der Waals surface area contributed by atoms with Crippen LogP contribution in [-0.4, -0.2) is 35.4 Å². The predicted octanol–water partition coefficient (Wildman–Crippen LogP) is 1.14. The van der Waals surface area contributed by atoms with Crippen LogP contribution in [0.15, 0.2) is 4.42 Å². The lowest BCUT2D eigenvalue weighted by molar-refractivity contribution is -0.124. The summed E-state index contributed by atoms with van der Waals surface area (Å²) in [5.74, 6) is -0.349. The molecule has 1 unspecified atom stereocenters. The van der Waals surface area contributed by atoms with Gasteiger partial charge in [0, 0.05) is 11.7 Å². The molecule has 2 N–H and O–H groups in total. The first-order valence-electron chi connectivity index (χ1n) is 6.18. The number of nitrogens with zero attached hydrogens (tertiary/aromatic N) is 1. The smallest absolute Gasteiger partial charge is 0.325 e. The van der Waals surface area contributed by atoms with Crippen LogP contribution < -0.4 is 15.6 Å². The molecular formula is C12H19N3O4S. The van der Waals surface area contributed by atoms with E-state index in [0.717, 1.165) is 0 Å². The Morgan fingerprint density at radius 1 is 1.45 bits per heavy atom. The molecular weight excluding hydrogens is 282 g/mol. The number of aryl methyl sites for hydroxylation is 1. The van der Waals surface area contributed by atoms with Crippen molar-refractivity contribution in [2.75, 3.05) is 18.6 Å². The van der Waals surface area contributed by atoms with Gasteiger partial charge in [-0.1, -0.05) is 6.92 Å². The molecule has 0 bridgehead atoms. The third kappa shape index (κ3) is 4.44. The molecule has 0 saturated heterocycles. The van der Waals surface area contributed by atoms with Gasteiger partial charge in [-0.2, -0.15) is 11.8 Å². The maximum absolute atomic E-state index is 11.8. The van der Waals surface area contributed by atoms with Gasteiger partial charge in [0.15, 0.2) is 0 Å². The number of oxazole rings is 1. The van der Waals surface area contributed by atoms with Gasteiger partial charge in [0.05, 0.1) is 6.61 Å². The largest absolute Gasteiger partial charge is 0.464 e. The fraction of sp³-hybridized carbons (Fsp3) is 0.583. The normalized spacial score (nSPS) is 11.8. The Morgan fingerprint density at radius 3 is 2.75 bits per heavy atom. The second-order valence-corrected chi connectivity index (χ2v) is 5.04. The second kappa shape index (κ2) is 7.78. The number of rotatable bonds is 6. The Hall–Kier alpha value is -1.70. The van der Waals surface area contributed by atoms with Crippen LogP contribution >= 0.6 is 11.8 Å². The van der Waals surface area contributed by atoms with E-state index in [9.17, 15) is 9.59 Å². The average molecular weight is 301 g/mol. The van der Waals surface area contributed by atoms with E-state index in [2.05, 4.69) is 15.8 Å². The summed E-state index contributed by atoms with van der Waals surface area (Å²) in [5.41, 5.74) is 5.08. The minimum Gasteiger partial charge on any atom is -0.464 e. The van der Waals surface area contributed by atoms with Crippen molar-refractivity contribution in [3.05, 3.63) is 11.6 Å². The Labute approximate surface area is 121 Å². The molecule has 0 aromatic carbocycles. The summed E-state index contributed by atoms with van der Waals surface area (Å²) in [5, 5.41) is 0. The van der Waals surface area contributed by atoms with Crippen molar-refractivity contribution in [1.82, 2.24) is 15.8 Å². The zero-order chi connectivity index (χ0) is 15.1. The van der Waals surface area contributed by atoms with E-state index < -0.39 is 5.91 Å². The van der Waals surface area contributed by atoms with Gasteiger partial charge in [0.1, 0.15) is 5.69 Å². The highest BCUT2D eigenvalue weighted by molar-refractivity contribution is 7.98. The Morgan fingerprint density at radius 2 is 2.15 bits per heavy atom. The first-order valence-corrected chi connectivity index (χ1v) is 7.58. The Bertz CT molecular complexity index is 475. The van der Waals surface area contributed by atoms with Gasteiger partial charge < -0.3 is 9.15 Å². The van der Waals surface area contributed by atoms with Crippen molar-refractivity contribution >= 4 is 23.6 Å². The van der Waals surface area contributed by atoms with E-state index in [1.54, 1.807) is 32.5 Å². The van der Waals surface area contributed by atoms with Gasteiger partial charge in [-0.05, 0) is 20.1 Å². The maximum atomic E-state index is 11.8. The number of hydrogen-bond donors (Lipinski definition) is 2. The van der Waals surface area contributed by atoms with E-state index in [4.69, 9.17) is 9.15 Å². The SMILES string of the molecule is CCOc1oc(C(=O)NNC(=O)C(C)CSC)nc1C. The summed E-state index contributed by atoms with van der Waals surface area (Å²) in [7, 11) is 0. The van der Waals surface area contributed by atoms with Crippen molar-refractivity contribution in [2.45, 2.75) is 20.8 Å². The van der Waals surface area contributed by atoms with Crippen LogP contribution in [-0.2, 0) is 4.79 Å². The number of thioether (sulfide) groups is 1. The summed E-state index contributed by atoms with van der Waals surface area (Å²) >= 11 is 1.56. The third-order valence-electron chi connectivity index (χ3n) is 2.39. The van der Waals surface area contributed by atoms with Crippen LogP contribution in [0.3, 0.4) is 0 Å². The van der Waals surface area contributed by atoms with Crippen LogP contribution in [0.5, 0.6) is 5.95 Å². The van der Waals surface area contributed by atoms with E-state index in [0.29, 0.717) is 18.1 Å². The topological polar surface area (TPSA) is 93.5 Å². The average Bonchev–Trinajstić information content (AvgIpc) is 2.78. The highest BCUT2D eigenvalue weighted by Gasteiger charge is 2.19. The highest BCUT2D eigenvalue weighted by atomic mass is 32.2. The van der Waals surface area contributed by atoms with E-state index in [1.807, 2.05) is 6.26 Å². The molecule has 8 heteroatoms. The van der Waals surface area contributed by atoms with Crippen molar-refractivity contribution in [3.8, 4) is 5.95 Å². The van der Waals surface area contributed by atoms with Gasteiger partial charge in [0.2, 0.25) is 5.91 Å². The number of hydrazine groups is 1. The summed E-state index contributed by atoms with van der Waals surface area (Å²) in [6.45, 7) is 5.67. The number of aromatic nitrogens is 1. The maximum Gasteiger partial charge on any atom is 0.325 e. The number of carbonyl (C=O) groups is 2. The van der Waals surface area contributed by atoms with Gasteiger partial charge >= 0.3 is 11.9 Å².